The minimum atomic E-state index is -4.67. The largest absolute Gasteiger partial charge is 0.449 e. The van der Waals surface area contributed by atoms with Crippen molar-refractivity contribution in [2.45, 2.75) is 6.18 Å². The first-order valence-electron chi connectivity index (χ1n) is 2.87. The zero-order chi connectivity index (χ0) is 9.35. The lowest BCUT2D eigenvalue weighted by molar-refractivity contribution is -0.154. The van der Waals surface area contributed by atoms with Gasteiger partial charge in [-0.05, 0) is 0 Å². The molecule has 0 fully saturated rings. The van der Waals surface area contributed by atoms with Crippen LogP contribution in [0.5, 0.6) is 0 Å². The van der Waals surface area contributed by atoms with Crippen LogP contribution in [0.1, 0.15) is 5.76 Å². The average Bonchev–Trinajstić information content (AvgIpc) is 1.82. The second kappa shape index (κ2) is 2.54. The number of hydrogen-bond acceptors (Lipinski definition) is 3. The van der Waals surface area contributed by atoms with Crippen molar-refractivity contribution < 1.29 is 17.6 Å². The smallest absolute Gasteiger partial charge is 0.418 e. The first-order chi connectivity index (χ1) is 5.39. The Morgan fingerprint density at radius 3 is 2.33 bits per heavy atom. The van der Waals surface area contributed by atoms with Crippen LogP contribution in [-0.4, -0.2) is 0 Å². The van der Waals surface area contributed by atoms with E-state index in [-0.39, 0.29) is 5.69 Å². The van der Waals surface area contributed by atoms with Crippen LogP contribution in [0.4, 0.5) is 18.9 Å². The van der Waals surface area contributed by atoms with Crippen molar-refractivity contribution in [2.75, 3.05) is 5.73 Å². The van der Waals surface area contributed by atoms with Crippen molar-refractivity contribution in [1.82, 2.24) is 0 Å². The van der Waals surface area contributed by atoms with Crippen molar-refractivity contribution >= 4 is 5.69 Å². The molecule has 0 bridgehead atoms. The van der Waals surface area contributed by atoms with Crippen molar-refractivity contribution in [1.29, 1.82) is 0 Å². The minimum absolute atomic E-state index is 0.265. The number of nitrogens with two attached hydrogens (primary N) is 1. The van der Waals surface area contributed by atoms with Crippen LogP contribution in [0.2, 0.25) is 0 Å². The first-order valence-corrected chi connectivity index (χ1v) is 2.87. The molecule has 0 aliphatic heterocycles. The highest BCUT2D eigenvalue weighted by atomic mass is 19.4. The molecule has 0 radical (unpaired) electrons. The van der Waals surface area contributed by atoms with E-state index in [9.17, 15) is 18.0 Å². The maximum absolute atomic E-state index is 11.9. The lowest BCUT2D eigenvalue weighted by Crippen LogP contribution is -2.11. The van der Waals surface area contributed by atoms with Gasteiger partial charge in [0.2, 0.25) is 5.76 Å². The Labute approximate surface area is 64.6 Å². The third-order valence-electron chi connectivity index (χ3n) is 1.07. The molecule has 0 saturated heterocycles. The number of halogens is 3. The van der Waals surface area contributed by atoms with Gasteiger partial charge in [-0.25, -0.2) is 4.79 Å². The fraction of sp³-hybridized carbons (Fsp3) is 0.167. The third kappa shape index (κ3) is 1.77. The molecule has 0 aliphatic carbocycles. The number of rotatable bonds is 0. The standard InChI is InChI=1S/C6H4F3NO2/c7-6(8,9)4-1-3(10)2-5(11)12-4/h1-2H,10H2. The molecule has 66 valence electrons. The van der Waals surface area contributed by atoms with E-state index in [1.807, 2.05) is 0 Å². The van der Waals surface area contributed by atoms with E-state index in [1.54, 1.807) is 0 Å². The molecule has 0 aromatic carbocycles. The summed E-state index contributed by atoms with van der Waals surface area (Å²) in [6, 6.07) is 1.33. The molecule has 0 spiro atoms. The zero-order valence-corrected chi connectivity index (χ0v) is 5.68. The van der Waals surface area contributed by atoms with E-state index >= 15 is 0 Å². The lowest BCUT2D eigenvalue weighted by Gasteiger charge is -2.03. The van der Waals surface area contributed by atoms with E-state index in [0.717, 1.165) is 6.07 Å². The topological polar surface area (TPSA) is 56.2 Å². The summed E-state index contributed by atoms with van der Waals surface area (Å²) >= 11 is 0. The van der Waals surface area contributed by atoms with Gasteiger partial charge >= 0.3 is 11.8 Å². The fourth-order valence-electron chi connectivity index (χ4n) is 0.636. The molecular weight excluding hydrogens is 175 g/mol. The number of anilines is 1. The third-order valence-corrected chi connectivity index (χ3v) is 1.07. The predicted octanol–water partition coefficient (Wildman–Crippen LogP) is 1.24. The predicted molar refractivity (Wildman–Crippen MR) is 34.4 cm³/mol. The summed E-state index contributed by atoms with van der Waals surface area (Å²) in [6.45, 7) is 0. The molecule has 0 unspecified atom stereocenters. The van der Waals surface area contributed by atoms with Crippen LogP contribution in [-0.2, 0) is 6.18 Å². The van der Waals surface area contributed by atoms with Gasteiger partial charge in [0, 0.05) is 17.8 Å². The summed E-state index contributed by atoms with van der Waals surface area (Å²) in [5.74, 6) is -1.38. The SMILES string of the molecule is Nc1cc(C(F)(F)F)oc(=O)c1. The molecule has 0 atom stereocenters. The summed E-state index contributed by atoms with van der Waals surface area (Å²) < 4.78 is 39.4. The molecule has 1 aromatic heterocycles. The van der Waals surface area contributed by atoms with E-state index in [0.29, 0.717) is 6.07 Å². The summed E-state index contributed by atoms with van der Waals surface area (Å²) in [6.07, 6.45) is -4.67. The number of alkyl halides is 3. The molecule has 0 amide bonds. The van der Waals surface area contributed by atoms with Crippen LogP contribution in [0, 0.1) is 0 Å². The molecule has 0 aliphatic rings. The van der Waals surface area contributed by atoms with Gasteiger partial charge in [0.05, 0.1) is 0 Å². The van der Waals surface area contributed by atoms with Gasteiger partial charge in [0.15, 0.2) is 0 Å². The Morgan fingerprint density at radius 1 is 1.33 bits per heavy atom. The molecule has 0 saturated carbocycles. The van der Waals surface area contributed by atoms with Crippen LogP contribution in [0.3, 0.4) is 0 Å². The van der Waals surface area contributed by atoms with Gasteiger partial charge in [-0.2, -0.15) is 13.2 Å². The Morgan fingerprint density at radius 2 is 1.92 bits per heavy atom. The molecule has 2 N–H and O–H groups in total. The van der Waals surface area contributed by atoms with Crippen molar-refractivity contribution in [3.8, 4) is 0 Å². The second-order valence-electron chi connectivity index (χ2n) is 2.07. The molecule has 1 heterocycles. The number of nitrogen functional groups attached to an aromatic ring is 1. The normalized spacial score (nSPS) is 11.6. The van der Waals surface area contributed by atoms with E-state index in [1.165, 1.54) is 0 Å². The first kappa shape index (κ1) is 8.63. The minimum Gasteiger partial charge on any atom is -0.418 e. The molecule has 3 nitrogen and oxygen atoms in total. The summed E-state index contributed by atoms with van der Waals surface area (Å²) in [5.41, 5.74) is 3.62. The van der Waals surface area contributed by atoms with Crippen LogP contribution >= 0.6 is 0 Å². The molecule has 12 heavy (non-hydrogen) atoms. The van der Waals surface area contributed by atoms with Crippen LogP contribution in [0.15, 0.2) is 21.3 Å². The molecule has 1 rings (SSSR count). The van der Waals surface area contributed by atoms with Gasteiger partial charge in [-0.1, -0.05) is 0 Å². The summed E-state index contributed by atoms with van der Waals surface area (Å²) in [5, 5.41) is 0. The maximum Gasteiger partial charge on any atom is 0.449 e. The Bertz CT molecular complexity index is 341. The van der Waals surface area contributed by atoms with E-state index < -0.39 is 17.6 Å². The average molecular weight is 179 g/mol. The summed E-state index contributed by atoms with van der Waals surface area (Å²) in [4.78, 5) is 10.4. The van der Waals surface area contributed by atoms with Crippen molar-refractivity contribution in [3.63, 3.8) is 0 Å². The van der Waals surface area contributed by atoms with Gasteiger partial charge in [-0.15, -0.1) is 0 Å². The van der Waals surface area contributed by atoms with Crippen LogP contribution in [0.25, 0.3) is 0 Å². The molecule has 1 aromatic rings. The second-order valence-corrected chi connectivity index (χ2v) is 2.07. The van der Waals surface area contributed by atoms with Gasteiger partial charge < -0.3 is 10.2 Å². The zero-order valence-electron chi connectivity index (χ0n) is 5.68. The Hall–Kier alpha value is -1.46. The van der Waals surface area contributed by atoms with Crippen molar-refractivity contribution in [3.05, 3.63) is 28.3 Å². The molecule has 6 heteroatoms. The van der Waals surface area contributed by atoms with Gasteiger partial charge in [0.25, 0.3) is 0 Å². The Kier molecular flexibility index (Phi) is 1.83. The highest BCUT2D eigenvalue weighted by Gasteiger charge is 2.34. The quantitative estimate of drug-likeness (QED) is 0.651. The summed E-state index contributed by atoms with van der Waals surface area (Å²) in [7, 11) is 0. The van der Waals surface area contributed by atoms with Crippen molar-refractivity contribution in [2.24, 2.45) is 0 Å². The van der Waals surface area contributed by atoms with Gasteiger partial charge in [-0.3, -0.25) is 0 Å². The van der Waals surface area contributed by atoms with E-state index in [2.05, 4.69) is 4.42 Å². The lowest BCUT2D eigenvalue weighted by atomic mass is 10.3. The van der Waals surface area contributed by atoms with E-state index in [4.69, 9.17) is 5.73 Å². The fourth-order valence-corrected chi connectivity index (χ4v) is 0.636. The number of hydrogen-bond donors (Lipinski definition) is 1. The monoisotopic (exact) mass is 179 g/mol. The Balaban J connectivity index is 3.27. The highest BCUT2D eigenvalue weighted by Crippen LogP contribution is 2.28. The highest BCUT2D eigenvalue weighted by molar-refractivity contribution is 5.36. The molecular formula is C6H4F3NO2. The maximum atomic E-state index is 11.9. The van der Waals surface area contributed by atoms with Gasteiger partial charge in [0.1, 0.15) is 0 Å². The van der Waals surface area contributed by atoms with Crippen LogP contribution < -0.4 is 11.4 Å².